The Hall–Kier alpha value is -2.55. The first-order chi connectivity index (χ1) is 10.2. The van der Waals surface area contributed by atoms with E-state index in [4.69, 9.17) is 14.7 Å². The normalized spacial score (nSPS) is 12.0. The lowest BCUT2D eigenvalue weighted by Crippen LogP contribution is -2.39. The molecule has 0 saturated heterocycles. The fourth-order valence-corrected chi connectivity index (χ4v) is 1.67. The summed E-state index contributed by atoms with van der Waals surface area (Å²) in [7, 11) is 0. The first-order valence-electron chi connectivity index (χ1n) is 6.86. The van der Waals surface area contributed by atoms with Crippen LogP contribution in [0.15, 0.2) is 24.3 Å². The molecule has 0 fully saturated rings. The molecule has 6 nitrogen and oxygen atoms in total. The fraction of sp³-hybridized carbons (Fsp3) is 0.438. The molecule has 118 valence electrons. The van der Waals surface area contributed by atoms with Crippen molar-refractivity contribution in [2.24, 2.45) is 0 Å². The van der Waals surface area contributed by atoms with Gasteiger partial charge in [-0.05, 0) is 38.5 Å². The van der Waals surface area contributed by atoms with E-state index < -0.39 is 23.7 Å². The number of hydrogen-bond donors (Lipinski definition) is 1. The van der Waals surface area contributed by atoms with Crippen LogP contribution >= 0.6 is 0 Å². The second-order valence-corrected chi connectivity index (χ2v) is 5.77. The summed E-state index contributed by atoms with van der Waals surface area (Å²) in [5.41, 5.74) is 0.217. The highest BCUT2D eigenvalue weighted by Gasteiger charge is 2.19. The van der Waals surface area contributed by atoms with Crippen LogP contribution in [0, 0.1) is 11.3 Å². The molecule has 1 atom stereocenters. The smallest absolute Gasteiger partial charge is 0.408 e. The van der Waals surface area contributed by atoms with Gasteiger partial charge in [0.1, 0.15) is 17.4 Å². The fourth-order valence-electron chi connectivity index (χ4n) is 1.67. The zero-order chi connectivity index (χ0) is 16.8. The molecule has 1 rings (SSSR count). The lowest BCUT2D eigenvalue weighted by Gasteiger charge is -2.21. The van der Waals surface area contributed by atoms with E-state index in [1.165, 1.54) is 6.92 Å². The van der Waals surface area contributed by atoms with Crippen molar-refractivity contribution in [3.8, 4) is 11.8 Å². The van der Waals surface area contributed by atoms with Crippen molar-refractivity contribution in [3.63, 3.8) is 0 Å². The Labute approximate surface area is 130 Å². The van der Waals surface area contributed by atoms with E-state index in [-0.39, 0.29) is 0 Å². The zero-order valence-corrected chi connectivity index (χ0v) is 13.2. The van der Waals surface area contributed by atoms with Gasteiger partial charge in [-0.1, -0.05) is 12.1 Å². The number of rotatable bonds is 4. The van der Waals surface area contributed by atoms with Crippen molar-refractivity contribution in [2.45, 2.75) is 45.8 Å². The largest absolute Gasteiger partial charge is 0.444 e. The van der Waals surface area contributed by atoms with Gasteiger partial charge in [0.15, 0.2) is 0 Å². The summed E-state index contributed by atoms with van der Waals surface area (Å²) >= 11 is 0. The summed E-state index contributed by atoms with van der Waals surface area (Å²) in [6.45, 7) is 6.58. The van der Waals surface area contributed by atoms with E-state index >= 15 is 0 Å². The van der Waals surface area contributed by atoms with Crippen LogP contribution in [0.5, 0.6) is 5.75 Å². The number of nitriles is 1. The van der Waals surface area contributed by atoms with E-state index in [0.29, 0.717) is 12.2 Å². The van der Waals surface area contributed by atoms with E-state index in [2.05, 4.69) is 5.32 Å². The lowest BCUT2D eigenvalue weighted by atomic mass is 10.1. The van der Waals surface area contributed by atoms with Gasteiger partial charge in [-0.2, -0.15) is 5.26 Å². The Morgan fingerprint density at radius 2 is 1.86 bits per heavy atom. The SMILES string of the molecule is CC(=O)Oc1ccc(C[C@@H](C#N)NC(=O)OC(C)(C)C)cc1. The summed E-state index contributed by atoms with van der Waals surface area (Å²) in [6.07, 6.45) is -0.300. The molecule has 0 aromatic heterocycles. The first-order valence-corrected chi connectivity index (χ1v) is 6.86. The summed E-state index contributed by atoms with van der Waals surface area (Å²) in [5.74, 6) is 0.0408. The number of benzene rings is 1. The minimum atomic E-state index is -0.700. The molecule has 0 radical (unpaired) electrons. The van der Waals surface area contributed by atoms with E-state index in [9.17, 15) is 9.59 Å². The molecule has 1 N–H and O–H groups in total. The van der Waals surface area contributed by atoms with Crippen LogP contribution in [-0.2, 0) is 16.0 Å². The van der Waals surface area contributed by atoms with Gasteiger partial charge >= 0.3 is 12.1 Å². The highest BCUT2D eigenvalue weighted by atomic mass is 16.6. The molecular formula is C16H20N2O4. The van der Waals surface area contributed by atoms with Gasteiger partial charge in [0.25, 0.3) is 0 Å². The lowest BCUT2D eigenvalue weighted by molar-refractivity contribution is -0.131. The number of alkyl carbamates (subject to hydrolysis) is 1. The van der Waals surface area contributed by atoms with Gasteiger partial charge in [0.05, 0.1) is 6.07 Å². The number of ether oxygens (including phenoxy) is 2. The molecule has 0 aliphatic heterocycles. The Morgan fingerprint density at radius 3 is 2.32 bits per heavy atom. The highest BCUT2D eigenvalue weighted by Crippen LogP contribution is 2.14. The number of esters is 1. The molecule has 22 heavy (non-hydrogen) atoms. The van der Waals surface area contributed by atoms with Gasteiger partial charge in [-0.25, -0.2) is 4.79 Å². The van der Waals surface area contributed by atoms with Crippen LogP contribution in [0.2, 0.25) is 0 Å². The van der Waals surface area contributed by atoms with E-state index in [0.717, 1.165) is 5.56 Å². The Morgan fingerprint density at radius 1 is 1.27 bits per heavy atom. The zero-order valence-electron chi connectivity index (χ0n) is 13.2. The predicted octanol–water partition coefficient (Wildman–Crippen LogP) is 2.57. The van der Waals surface area contributed by atoms with Crippen LogP contribution in [0.4, 0.5) is 4.79 Å². The van der Waals surface area contributed by atoms with Gasteiger partial charge < -0.3 is 14.8 Å². The third kappa shape index (κ3) is 6.75. The maximum absolute atomic E-state index is 11.7. The first kappa shape index (κ1) is 17.5. The predicted molar refractivity (Wildman–Crippen MR) is 80.2 cm³/mol. The van der Waals surface area contributed by atoms with E-state index in [1.54, 1.807) is 45.0 Å². The third-order valence-corrected chi connectivity index (χ3v) is 2.47. The molecule has 6 heteroatoms. The van der Waals surface area contributed by atoms with Crippen molar-refractivity contribution >= 4 is 12.1 Å². The third-order valence-electron chi connectivity index (χ3n) is 2.47. The van der Waals surface area contributed by atoms with Gasteiger partial charge in [0.2, 0.25) is 0 Å². The monoisotopic (exact) mass is 304 g/mol. The molecule has 1 aromatic rings. The minimum Gasteiger partial charge on any atom is -0.444 e. The topological polar surface area (TPSA) is 88.4 Å². The average molecular weight is 304 g/mol. The Bertz CT molecular complexity index is 567. The quantitative estimate of drug-likeness (QED) is 0.682. The highest BCUT2D eigenvalue weighted by molar-refractivity contribution is 5.69. The van der Waals surface area contributed by atoms with Gasteiger partial charge in [-0.15, -0.1) is 0 Å². The van der Waals surface area contributed by atoms with Crippen molar-refractivity contribution in [1.29, 1.82) is 5.26 Å². The molecule has 0 unspecified atom stereocenters. The molecule has 0 saturated carbocycles. The molecule has 0 aliphatic carbocycles. The standard InChI is InChI=1S/C16H20N2O4/c1-11(19)21-14-7-5-12(6-8-14)9-13(10-17)18-15(20)22-16(2,3)4/h5-8,13H,9H2,1-4H3,(H,18,20)/t13-/m0/s1. The van der Waals surface area contributed by atoms with Crippen molar-refractivity contribution < 1.29 is 19.1 Å². The minimum absolute atomic E-state index is 0.329. The number of carbonyl (C=O) groups is 2. The maximum atomic E-state index is 11.7. The summed E-state index contributed by atoms with van der Waals surface area (Å²) in [5, 5.41) is 11.6. The Balaban J connectivity index is 2.61. The average Bonchev–Trinajstić information content (AvgIpc) is 2.37. The van der Waals surface area contributed by atoms with Crippen LogP contribution in [-0.4, -0.2) is 23.7 Å². The molecule has 1 amide bonds. The number of nitrogens with zero attached hydrogens (tertiary/aromatic N) is 1. The van der Waals surface area contributed by atoms with Crippen LogP contribution in [0.3, 0.4) is 0 Å². The Kier molecular flexibility index (Phi) is 5.93. The molecule has 0 aliphatic rings. The van der Waals surface area contributed by atoms with Crippen molar-refractivity contribution in [1.82, 2.24) is 5.32 Å². The molecule has 0 heterocycles. The second kappa shape index (κ2) is 7.46. The van der Waals surface area contributed by atoms with Crippen LogP contribution < -0.4 is 10.1 Å². The van der Waals surface area contributed by atoms with Gasteiger partial charge in [0, 0.05) is 13.3 Å². The maximum Gasteiger partial charge on any atom is 0.408 e. The molecule has 0 bridgehead atoms. The number of nitrogens with one attached hydrogen (secondary N) is 1. The number of carbonyl (C=O) groups excluding carboxylic acids is 2. The molecular weight excluding hydrogens is 284 g/mol. The van der Waals surface area contributed by atoms with Crippen molar-refractivity contribution in [3.05, 3.63) is 29.8 Å². The number of hydrogen-bond acceptors (Lipinski definition) is 5. The second-order valence-electron chi connectivity index (χ2n) is 5.77. The van der Waals surface area contributed by atoms with Crippen LogP contribution in [0.1, 0.15) is 33.3 Å². The van der Waals surface area contributed by atoms with Crippen molar-refractivity contribution in [2.75, 3.05) is 0 Å². The number of amides is 1. The van der Waals surface area contributed by atoms with Crippen LogP contribution in [0.25, 0.3) is 0 Å². The molecule has 0 spiro atoms. The summed E-state index contributed by atoms with van der Waals surface area (Å²) < 4.78 is 10.0. The van der Waals surface area contributed by atoms with E-state index in [1.807, 2.05) is 6.07 Å². The summed E-state index contributed by atoms with van der Waals surface area (Å²) in [4.78, 5) is 22.5. The van der Waals surface area contributed by atoms with Gasteiger partial charge in [-0.3, -0.25) is 4.79 Å². The summed E-state index contributed by atoms with van der Waals surface area (Å²) in [6, 6.07) is 8.06. The molecule has 1 aromatic carbocycles.